The lowest BCUT2D eigenvalue weighted by Gasteiger charge is -2.12. The SMILES string of the molecule is COc1cc(NC(=O)Cn2c(SCc3ccccc3F)nc3ccncc32)cc(OC)c1. The summed E-state index contributed by atoms with van der Waals surface area (Å²) in [5.74, 6) is 0.999. The molecule has 164 valence electrons. The molecule has 4 aromatic rings. The van der Waals surface area contributed by atoms with E-state index in [1.165, 1.54) is 17.8 Å². The van der Waals surface area contributed by atoms with Gasteiger partial charge in [-0.15, -0.1) is 0 Å². The van der Waals surface area contributed by atoms with Crippen LogP contribution in [0.1, 0.15) is 5.56 Å². The smallest absolute Gasteiger partial charge is 0.244 e. The number of carbonyl (C=O) groups is 1. The van der Waals surface area contributed by atoms with Crippen LogP contribution in [0.15, 0.2) is 66.1 Å². The number of methoxy groups -OCH3 is 2. The number of fused-ring (bicyclic) bond motifs is 1. The molecule has 0 saturated carbocycles. The normalized spacial score (nSPS) is 10.8. The van der Waals surface area contributed by atoms with Gasteiger partial charge in [-0.05, 0) is 17.7 Å². The molecule has 0 aliphatic heterocycles. The molecular formula is C23H21FN4O3S. The zero-order valence-corrected chi connectivity index (χ0v) is 18.4. The zero-order chi connectivity index (χ0) is 22.5. The van der Waals surface area contributed by atoms with Gasteiger partial charge in [0.2, 0.25) is 5.91 Å². The summed E-state index contributed by atoms with van der Waals surface area (Å²) in [4.78, 5) is 21.6. The molecule has 1 amide bonds. The topological polar surface area (TPSA) is 78.3 Å². The highest BCUT2D eigenvalue weighted by Gasteiger charge is 2.16. The van der Waals surface area contributed by atoms with Crippen LogP contribution in [0, 0.1) is 5.82 Å². The van der Waals surface area contributed by atoms with Gasteiger partial charge in [0.1, 0.15) is 23.9 Å². The first-order valence-corrected chi connectivity index (χ1v) is 10.8. The number of nitrogens with zero attached hydrogens (tertiary/aromatic N) is 3. The Bertz CT molecular complexity index is 1240. The third-order valence-electron chi connectivity index (χ3n) is 4.77. The monoisotopic (exact) mass is 452 g/mol. The molecule has 0 spiro atoms. The van der Waals surface area contributed by atoms with Crippen LogP contribution in [0.25, 0.3) is 11.0 Å². The molecule has 0 fully saturated rings. The van der Waals surface area contributed by atoms with E-state index in [2.05, 4.69) is 15.3 Å². The molecule has 0 saturated heterocycles. The molecule has 1 N–H and O–H groups in total. The summed E-state index contributed by atoms with van der Waals surface area (Å²) in [7, 11) is 3.09. The second kappa shape index (κ2) is 9.69. The fraction of sp³-hybridized carbons (Fsp3) is 0.174. The average Bonchev–Trinajstić information content (AvgIpc) is 3.15. The summed E-state index contributed by atoms with van der Waals surface area (Å²) < 4.78 is 26.3. The Morgan fingerprint density at radius 2 is 1.88 bits per heavy atom. The number of thioether (sulfide) groups is 1. The lowest BCUT2D eigenvalue weighted by Crippen LogP contribution is -2.19. The summed E-state index contributed by atoms with van der Waals surface area (Å²) in [5.41, 5.74) is 2.56. The molecule has 2 heterocycles. The minimum Gasteiger partial charge on any atom is -0.497 e. The first-order valence-electron chi connectivity index (χ1n) is 9.76. The van der Waals surface area contributed by atoms with Gasteiger partial charge < -0.3 is 19.4 Å². The molecule has 4 rings (SSSR count). The summed E-state index contributed by atoms with van der Waals surface area (Å²) >= 11 is 1.36. The van der Waals surface area contributed by atoms with E-state index in [1.807, 2.05) is 0 Å². The van der Waals surface area contributed by atoms with Crippen LogP contribution < -0.4 is 14.8 Å². The first kappa shape index (κ1) is 21.6. The van der Waals surface area contributed by atoms with Crippen molar-refractivity contribution in [2.45, 2.75) is 17.5 Å². The fourth-order valence-corrected chi connectivity index (χ4v) is 4.19. The molecule has 0 bridgehead atoms. The Hall–Kier alpha value is -3.59. The number of carbonyl (C=O) groups excluding carboxylic acids is 1. The van der Waals surface area contributed by atoms with Gasteiger partial charge in [0.15, 0.2) is 5.16 Å². The molecule has 0 atom stereocenters. The van der Waals surface area contributed by atoms with Crippen molar-refractivity contribution in [1.82, 2.24) is 14.5 Å². The van der Waals surface area contributed by atoms with E-state index in [4.69, 9.17) is 9.47 Å². The Labute approximate surface area is 188 Å². The molecule has 2 aromatic heterocycles. The Morgan fingerprint density at radius 1 is 1.12 bits per heavy atom. The van der Waals surface area contributed by atoms with Gasteiger partial charge in [0.25, 0.3) is 0 Å². The van der Waals surface area contributed by atoms with Crippen molar-refractivity contribution in [1.29, 1.82) is 0 Å². The maximum Gasteiger partial charge on any atom is 0.244 e. The minimum atomic E-state index is -0.269. The lowest BCUT2D eigenvalue weighted by molar-refractivity contribution is -0.116. The Kier molecular flexibility index (Phi) is 6.55. The van der Waals surface area contributed by atoms with Crippen LogP contribution in [0.5, 0.6) is 11.5 Å². The highest BCUT2D eigenvalue weighted by molar-refractivity contribution is 7.98. The fourth-order valence-electron chi connectivity index (χ4n) is 3.19. The van der Waals surface area contributed by atoms with Gasteiger partial charge in [0, 0.05) is 35.8 Å². The van der Waals surface area contributed by atoms with Gasteiger partial charge in [-0.3, -0.25) is 9.78 Å². The van der Waals surface area contributed by atoms with Crippen molar-refractivity contribution in [2.75, 3.05) is 19.5 Å². The number of ether oxygens (including phenoxy) is 2. The van der Waals surface area contributed by atoms with Crippen molar-refractivity contribution in [3.05, 3.63) is 72.3 Å². The number of hydrogen-bond donors (Lipinski definition) is 1. The molecule has 0 unspecified atom stereocenters. The summed E-state index contributed by atoms with van der Waals surface area (Å²) in [5, 5.41) is 3.47. The predicted octanol–water partition coefficient (Wildman–Crippen LogP) is 4.52. The van der Waals surface area contributed by atoms with Crippen LogP contribution in [0.4, 0.5) is 10.1 Å². The number of rotatable bonds is 8. The van der Waals surface area contributed by atoms with Crippen molar-refractivity contribution in [2.24, 2.45) is 0 Å². The highest BCUT2D eigenvalue weighted by Crippen LogP contribution is 2.28. The number of aromatic nitrogens is 3. The minimum absolute atomic E-state index is 0.0152. The van der Waals surface area contributed by atoms with E-state index < -0.39 is 0 Å². The van der Waals surface area contributed by atoms with Gasteiger partial charge in [-0.1, -0.05) is 30.0 Å². The maximum atomic E-state index is 14.0. The van der Waals surface area contributed by atoms with Gasteiger partial charge in [0.05, 0.1) is 31.4 Å². The Morgan fingerprint density at radius 3 is 2.59 bits per heavy atom. The molecule has 0 aliphatic carbocycles. The second-order valence-electron chi connectivity index (χ2n) is 6.87. The van der Waals surface area contributed by atoms with Crippen molar-refractivity contribution in [3.63, 3.8) is 0 Å². The number of benzene rings is 2. The molecule has 0 aliphatic rings. The number of anilines is 1. The summed E-state index contributed by atoms with van der Waals surface area (Å²) in [6.07, 6.45) is 3.31. The van der Waals surface area contributed by atoms with E-state index in [-0.39, 0.29) is 18.3 Å². The van der Waals surface area contributed by atoms with Gasteiger partial charge >= 0.3 is 0 Å². The van der Waals surface area contributed by atoms with Gasteiger partial charge in [-0.25, -0.2) is 9.37 Å². The van der Waals surface area contributed by atoms with Crippen LogP contribution >= 0.6 is 11.8 Å². The van der Waals surface area contributed by atoms with Crippen LogP contribution in [0.3, 0.4) is 0 Å². The second-order valence-corrected chi connectivity index (χ2v) is 7.82. The predicted molar refractivity (Wildman–Crippen MR) is 122 cm³/mol. The molecular weight excluding hydrogens is 431 g/mol. The number of pyridine rings is 1. The number of hydrogen-bond acceptors (Lipinski definition) is 6. The highest BCUT2D eigenvalue weighted by atomic mass is 32.2. The molecule has 2 aromatic carbocycles. The number of amides is 1. The van der Waals surface area contributed by atoms with E-state index >= 15 is 0 Å². The molecule has 0 radical (unpaired) electrons. The summed E-state index contributed by atoms with van der Waals surface area (Å²) in [6, 6.07) is 13.5. The first-order chi connectivity index (χ1) is 15.6. The third-order valence-corrected chi connectivity index (χ3v) is 5.79. The summed E-state index contributed by atoms with van der Waals surface area (Å²) in [6.45, 7) is 0.0152. The lowest BCUT2D eigenvalue weighted by atomic mass is 10.2. The standard InChI is InChI=1S/C23H21FN4O3S/c1-30-17-9-16(10-18(11-17)31-2)26-22(29)13-28-21-12-25-8-7-20(21)27-23(28)32-14-15-5-3-4-6-19(15)24/h3-12H,13-14H2,1-2H3,(H,26,29). The van der Waals surface area contributed by atoms with Crippen LogP contribution in [-0.2, 0) is 17.1 Å². The quantitative estimate of drug-likeness (QED) is 0.396. The van der Waals surface area contributed by atoms with E-state index in [1.54, 1.807) is 73.6 Å². The van der Waals surface area contributed by atoms with Crippen LogP contribution in [-0.4, -0.2) is 34.7 Å². The number of nitrogens with one attached hydrogen (secondary N) is 1. The number of imidazole rings is 1. The Balaban J connectivity index is 1.57. The van der Waals surface area contributed by atoms with E-state index in [0.29, 0.717) is 39.2 Å². The van der Waals surface area contributed by atoms with Crippen molar-refractivity contribution < 1.29 is 18.7 Å². The molecule has 9 heteroatoms. The van der Waals surface area contributed by atoms with Crippen molar-refractivity contribution in [3.8, 4) is 11.5 Å². The van der Waals surface area contributed by atoms with E-state index in [9.17, 15) is 9.18 Å². The third kappa shape index (κ3) is 4.83. The zero-order valence-electron chi connectivity index (χ0n) is 17.5. The van der Waals surface area contributed by atoms with Gasteiger partial charge in [-0.2, -0.15) is 0 Å². The molecule has 32 heavy (non-hydrogen) atoms. The average molecular weight is 453 g/mol. The van der Waals surface area contributed by atoms with Crippen LogP contribution in [0.2, 0.25) is 0 Å². The number of halogens is 1. The maximum absolute atomic E-state index is 14.0. The molecule has 7 nitrogen and oxygen atoms in total. The van der Waals surface area contributed by atoms with Crippen molar-refractivity contribution >= 4 is 34.4 Å². The largest absolute Gasteiger partial charge is 0.497 e. The van der Waals surface area contributed by atoms with E-state index in [0.717, 1.165) is 5.52 Å².